The summed E-state index contributed by atoms with van der Waals surface area (Å²) in [5, 5.41) is 3.25. The number of aromatic nitrogens is 2. The molecule has 1 N–H and O–H groups in total. The molecule has 1 aliphatic heterocycles. The molecule has 0 saturated carbocycles. The van der Waals surface area contributed by atoms with E-state index in [1.807, 2.05) is 12.1 Å². The highest BCUT2D eigenvalue weighted by Gasteiger charge is 2.16. The Morgan fingerprint density at radius 2 is 2.41 bits per heavy atom. The van der Waals surface area contributed by atoms with Crippen LogP contribution in [0.4, 0.5) is 0 Å². The van der Waals surface area contributed by atoms with Crippen molar-refractivity contribution in [1.82, 2.24) is 15.3 Å². The van der Waals surface area contributed by atoms with Crippen LogP contribution in [0.25, 0.3) is 11.3 Å². The van der Waals surface area contributed by atoms with Crippen LogP contribution in [-0.2, 0) is 0 Å². The SMILES string of the molecule is c1nc(OC2CCNC2)cc(-c2ccoc2)n1. The number of nitrogens with zero attached hydrogens (tertiary/aromatic N) is 2. The van der Waals surface area contributed by atoms with Crippen molar-refractivity contribution >= 4 is 0 Å². The maximum Gasteiger partial charge on any atom is 0.217 e. The summed E-state index contributed by atoms with van der Waals surface area (Å²) in [6.07, 6.45) is 6.02. The lowest BCUT2D eigenvalue weighted by atomic mass is 10.2. The van der Waals surface area contributed by atoms with Crippen molar-refractivity contribution in [2.24, 2.45) is 0 Å². The van der Waals surface area contributed by atoms with Crippen LogP contribution in [0.3, 0.4) is 0 Å². The third-order valence-corrected chi connectivity index (χ3v) is 2.76. The zero-order valence-electron chi connectivity index (χ0n) is 9.30. The van der Waals surface area contributed by atoms with Gasteiger partial charge in [-0.05, 0) is 19.0 Å². The molecule has 5 nitrogen and oxygen atoms in total. The number of rotatable bonds is 3. The Kier molecular flexibility index (Phi) is 2.75. The van der Waals surface area contributed by atoms with E-state index in [0.29, 0.717) is 5.88 Å². The summed E-state index contributed by atoms with van der Waals surface area (Å²) < 4.78 is 10.8. The summed E-state index contributed by atoms with van der Waals surface area (Å²) >= 11 is 0. The van der Waals surface area contributed by atoms with Crippen molar-refractivity contribution in [3.8, 4) is 17.1 Å². The van der Waals surface area contributed by atoms with E-state index in [2.05, 4.69) is 15.3 Å². The van der Waals surface area contributed by atoms with Gasteiger partial charge in [0.1, 0.15) is 12.4 Å². The van der Waals surface area contributed by atoms with Crippen molar-refractivity contribution in [2.45, 2.75) is 12.5 Å². The number of hydrogen-bond donors (Lipinski definition) is 1. The highest BCUT2D eigenvalue weighted by Crippen LogP contribution is 2.21. The topological polar surface area (TPSA) is 60.2 Å². The summed E-state index contributed by atoms with van der Waals surface area (Å²) in [6, 6.07) is 3.70. The number of nitrogens with one attached hydrogen (secondary N) is 1. The molecular weight excluding hydrogens is 218 g/mol. The van der Waals surface area contributed by atoms with Crippen LogP contribution in [0.1, 0.15) is 6.42 Å². The molecule has 1 fully saturated rings. The van der Waals surface area contributed by atoms with E-state index in [1.54, 1.807) is 12.5 Å². The smallest absolute Gasteiger partial charge is 0.217 e. The van der Waals surface area contributed by atoms with Gasteiger partial charge < -0.3 is 14.5 Å². The van der Waals surface area contributed by atoms with E-state index in [1.165, 1.54) is 6.33 Å². The van der Waals surface area contributed by atoms with Gasteiger partial charge in [0.15, 0.2) is 0 Å². The molecule has 0 aromatic carbocycles. The summed E-state index contributed by atoms with van der Waals surface area (Å²) in [5.41, 5.74) is 1.75. The molecule has 2 aromatic rings. The zero-order valence-corrected chi connectivity index (χ0v) is 9.30. The van der Waals surface area contributed by atoms with Crippen LogP contribution in [0.15, 0.2) is 35.4 Å². The van der Waals surface area contributed by atoms with Gasteiger partial charge in [0.25, 0.3) is 0 Å². The molecule has 0 aliphatic carbocycles. The number of hydrogen-bond acceptors (Lipinski definition) is 5. The van der Waals surface area contributed by atoms with Crippen molar-refractivity contribution in [3.05, 3.63) is 31.0 Å². The second-order valence-corrected chi connectivity index (χ2v) is 3.99. The van der Waals surface area contributed by atoms with Gasteiger partial charge in [-0.15, -0.1) is 0 Å². The van der Waals surface area contributed by atoms with Gasteiger partial charge in [0, 0.05) is 18.2 Å². The van der Waals surface area contributed by atoms with Gasteiger partial charge in [-0.1, -0.05) is 0 Å². The molecule has 88 valence electrons. The average molecular weight is 231 g/mol. The summed E-state index contributed by atoms with van der Waals surface area (Å²) in [5.74, 6) is 0.616. The Bertz CT molecular complexity index is 478. The van der Waals surface area contributed by atoms with Crippen LogP contribution >= 0.6 is 0 Å². The molecule has 3 heterocycles. The Balaban J connectivity index is 1.79. The minimum absolute atomic E-state index is 0.210. The Morgan fingerprint density at radius 3 is 3.18 bits per heavy atom. The molecule has 3 rings (SSSR count). The van der Waals surface area contributed by atoms with Gasteiger partial charge in [0.2, 0.25) is 5.88 Å². The number of ether oxygens (including phenoxy) is 1. The largest absolute Gasteiger partial charge is 0.473 e. The molecule has 1 unspecified atom stereocenters. The van der Waals surface area contributed by atoms with Crippen LogP contribution in [-0.4, -0.2) is 29.2 Å². The van der Waals surface area contributed by atoms with E-state index in [0.717, 1.165) is 30.8 Å². The molecular formula is C12H13N3O2. The van der Waals surface area contributed by atoms with Crippen molar-refractivity contribution in [1.29, 1.82) is 0 Å². The molecule has 0 amide bonds. The maximum absolute atomic E-state index is 5.77. The minimum Gasteiger partial charge on any atom is -0.473 e. The lowest BCUT2D eigenvalue weighted by Crippen LogP contribution is -2.20. The van der Waals surface area contributed by atoms with Gasteiger partial charge in [0.05, 0.1) is 18.2 Å². The maximum atomic E-state index is 5.77. The fourth-order valence-electron chi connectivity index (χ4n) is 1.87. The summed E-state index contributed by atoms with van der Waals surface area (Å²) in [7, 11) is 0. The Labute approximate surface area is 98.8 Å². The Hall–Kier alpha value is -1.88. The van der Waals surface area contributed by atoms with Gasteiger partial charge in [-0.25, -0.2) is 9.97 Å². The molecule has 0 radical (unpaired) electrons. The van der Waals surface area contributed by atoms with Crippen LogP contribution in [0, 0.1) is 0 Å². The molecule has 17 heavy (non-hydrogen) atoms. The average Bonchev–Trinajstić information content (AvgIpc) is 3.01. The van der Waals surface area contributed by atoms with E-state index < -0.39 is 0 Å². The minimum atomic E-state index is 0.210. The zero-order chi connectivity index (χ0) is 11.5. The standard InChI is InChI=1S/C12H13N3O2/c1-3-13-6-10(1)17-12-5-11(14-8-15-12)9-2-4-16-7-9/h2,4-5,7-8,10,13H,1,3,6H2. The highest BCUT2D eigenvalue weighted by molar-refractivity contribution is 5.57. The van der Waals surface area contributed by atoms with Crippen molar-refractivity contribution in [2.75, 3.05) is 13.1 Å². The normalized spacial score (nSPS) is 19.4. The molecule has 0 spiro atoms. The van der Waals surface area contributed by atoms with Gasteiger partial charge in [-0.2, -0.15) is 0 Å². The quantitative estimate of drug-likeness (QED) is 0.867. The monoisotopic (exact) mass is 231 g/mol. The predicted octanol–water partition coefficient (Wildman–Crippen LogP) is 1.48. The first-order chi connectivity index (χ1) is 8.42. The first-order valence-corrected chi connectivity index (χ1v) is 5.64. The fraction of sp³-hybridized carbons (Fsp3) is 0.333. The lowest BCUT2D eigenvalue weighted by Gasteiger charge is -2.11. The third kappa shape index (κ3) is 2.29. The fourth-order valence-corrected chi connectivity index (χ4v) is 1.87. The van der Waals surface area contributed by atoms with E-state index in [9.17, 15) is 0 Å². The van der Waals surface area contributed by atoms with E-state index in [4.69, 9.17) is 9.15 Å². The van der Waals surface area contributed by atoms with Crippen LogP contribution in [0.5, 0.6) is 5.88 Å². The highest BCUT2D eigenvalue weighted by atomic mass is 16.5. The van der Waals surface area contributed by atoms with Crippen molar-refractivity contribution < 1.29 is 9.15 Å². The number of furan rings is 1. The second kappa shape index (κ2) is 4.55. The lowest BCUT2D eigenvalue weighted by molar-refractivity contribution is 0.214. The molecule has 1 saturated heterocycles. The Morgan fingerprint density at radius 1 is 1.41 bits per heavy atom. The predicted molar refractivity (Wildman–Crippen MR) is 61.6 cm³/mol. The summed E-state index contributed by atoms with van der Waals surface area (Å²) in [6.45, 7) is 1.88. The molecule has 2 aromatic heterocycles. The van der Waals surface area contributed by atoms with E-state index in [-0.39, 0.29) is 6.10 Å². The first-order valence-electron chi connectivity index (χ1n) is 5.64. The van der Waals surface area contributed by atoms with Gasteiger partial charge >= 0.3 is 0 Å². The van der Waals surface area contributed by atoms with Crippen LogP contribution < -0.4 is 10.1 Å². The molecule has 5 heteroatoms. The third-order valence-electron chi connectivity index (χ3n) is 2.76. The first kappa shape index (κ1) is 10.3. The molecule has 1 atom stereocenters. The summed E-state index contributed by atoms with van der Waals surface area (Å²) in [4.78, 5) is 8.31. The van der Waals surface area contributed by atoms with E-state index >= 15 is 0 Å². The van der Waals surface area contributed by atoms with Gasteiger partial charge in [-0.3, -0.25) is 0 Å². The van der Waals surface area contributed by atoms with Crippen LogP contribution in [0.2, 0.25) is 0 Å². The van der Waals surface area contributed by atoms with Crippen molar-refractivity contribution in [3.63, 3.8) is 0 Å². The second-order valence-electron chi connectivity index (χ2n) is 3.99. The molecule has 0 bridgehead atoms. The molecule has 1 aliphatic rings.